The average molecular weight is 290 g/mol. The van der Waals surface area contributed by atoms with Crippen molar-refractivity contribution in [1.29, 1.82) is 0 Å². The molecular formula is C11H18N2O5S. The lowest BCUT2D eigenvalue weighted by Crippen LogP contribution is -2.28. The molecule has 0 aromatic heterocycles. The van der Waals surface area contributed by atoms with E-state index in [0.717, 1.165) is 0 Å². The van der Waals surface area contributed by atoms with E-state index in [1.54, 1.807) is 0 Å². The molecule has 1 aromatic carbocycles. The Bertz CT molecular complexity index is 504. The van der Waals surface area contributed by atoms with Crippen LogP contribution in [0.2, 0.25) is 0 Å². The molecule has 0 bridgehead atoms. The Labute approximate surface area is 112 Å². The number of nitrogen functional groups attached to an aromatic ring is 1. The lowest BCUT2D eigenvalue weighted by Gasteiger charge is -2.10. The quantitative estimate of drug-likeness (QED) is 0.442. The number of ether oxygens (including phenoxy) is 2. The van der Waals surface area contributed by atoms with Crippen LogP contribution in [0.4, 0.5) is 5.69 Å². The number of rotatable bonds is 8. The SMILES string of the molecule is COc1ccc(S(=O)(=O)NCCOCCO)c(N)c1. The van der Waals surface area contributed by atoms with E-state index in [1.165, 1.54) is 25.3 Å². The van der Waals surface area contributed by atoms with Crippen molar-refractivity contribution in [2.45, 2.75) is 4.90 Å². The first-order valence-corrected chi connectivity index (χ1v) is 7.11. The number of nitrogens with two attached hydrogens (primary N) is 1. The highest BCUT2D eigenvalue weighted by Crippen LogP contribution is 2.23. The molecule has 0 amide bonds. The zero-order valence-corrected chi connectivity index (χ0v) is 11.4. The van der Waals surface area contributed by atoms with Gasteiger partial charge < -0.3 is 20.3 Å². The molecule has 0 fully saturated rings. The van der Waals surface area contributed by atoms with Crippen LogP contribution in [0.5, 0.6) is 5.75 Å². The first-order valence-electron chi connectivity index (χ1n) is 5.63. The van der Waals surface area contributed by atoms with Gasteiger partial charge in [0.15, 0.2) is 0 Å². The lowest BCUT2D eigenvalue weighted by atomic mass is 10.3. The van der Waals surface area contributed by atoms with Gasteiger partial charge in [0, 0.05) is 12.6 Å². The highest BCUT2D eigenvalue weighted by molar-refractivity contribution is 7.89. The van der Waals surface area contributed by atoms with Crippen LogP contribution in [0.3, 0.4) is 0 Å². The van der Waals surface area contributed by atoms with Crippen molar-refractivity contribution >= 4 is 15.7 Å². The first kappa shape index (κ1) is 15.7. The van der Waals surface area contributed by atoms with Crippen molar-refractivity contribution in [1.82, 2.24) is 4.72 Å². The Kier molecular flexibility index (Phi) is 6.03. The number of anilines is 1. The van der Waals surface area contributed by atoms with E-state index in [-0.39, 0.29) is 36.9 Å². The molecule has 0 heterocycles. The van der Waals surface area contributed by atoms with Crippen molar-refractivity contribution in [3.8, 4) is 5.75 Å². The van der Waals surface area contributed by atoms with E-state index in [2.05, 4.69) is 4.72 Å². The Morgan fingerprint density at radius 2 is 2.11 bits per heavy atom. The third-order valence-electron chi connectivity index (χ3n) is 2.28. The molecule has 108 valence electrons. The van der Waals surface area contributed by atoms with Gasteiger partial charge in [-0.3, -0.25) is 0 Å². The van der Waals surface area contributed by atoms with E-state index < -0.39 is 10.0 Å². The molecule has 0 aliphatic rings. The van der Waals surface area contributed by atoms with Crippen LogP contribution in [0, 0.1) is 0 Å². The van der Waals surface area contributed by atoms with Crippen LogP contribution >= 0.6 is 0 Å². The second kappa shape index (κ2) is 7.29. The van der Waals surface area contributed by atoms with Gasteiger partial charge in [0.05, 0.1) is 32.6 Å². The maximum Gasteiger partial charge on any atom is 0.242 e. The predicted octanol–water partition coefficient (Wildman–Crippen LogP) is -0.435. The van der Waals surface area contributed by atoms with Crippen molar-refractivity contribution in [3.63, 3.8) is 0 Å². The van der Waals surface area contributed by atoms with Crippen molar-refractivity contribution in [2.24, 2.45) is 0 Å². The van der Waals surface area contributed by atoms with Gasteiger partial charge in [0.1, 0.15) is 10.6 Å². The number of aliphatic hydroxyl groups is 1. The van der Waals surface area contributed by atoms with Gasteiger partial charge in [0.25, 0.3) is 0 Å². The van der Waals surface area contributed by atoms with Crippen molar-refractivity contribution < 1.29 is 23.0 Å². The molecule has 1 aromatic rings. The largest absolute Gasteiger partial charge is 0.497 e. The summed E-state index contributed by atoms with van der Waals surface area (Å²) in [5, 5.41) is 8.50. The fourth-order valence-electron chi connectivity index (χ4n) is 1.39. The van der Waals surface area contributed by atoms with Gasteiger partial charge in [0.2, 0.25) is 10.0 Å². The molecule has 0 saturated carbocycles. The minimum absolute atomic E-state index is 0.00421. The zero-order chi connectivity index (χ0) is 14.3. The summed E-state index contributed by atoms with van der Waals surface area (Å²) in [5.74, 6) is 0.489. The molecule has 0 unspecified atom stereocenters. The van der Waals surface area contributed by atoms with Gasteiger partial charge in [-0.1, -0.05) is 0 Å². The van der Waals surface area contributed by atoms with Gasteiger partial charge in [-0.05, 0) is 12.1 Å². The van der Waals surface area contributed by atoms with Crippen LogP contribution in [-0.2, 0) is 14.8 Å². The molecule has 0 spiro atoms. The van der Waals surface area contributed by atoms with E-state index in [1.807, 2.05) is 0 Å². The van der Waals surface area contributed by atoms with Gasteiger partial charge in [-0.15, -0.1) is 0 Å². The number of sulfonamides is 1. The molecular weight excluding hydrogens is 272 g/mol. The van der Waals surface area contributed by atoms with Gasteiger partial charge >= 0.3 is 0 Å². The van der Waals surface area contributed by atoms with Crippen LogP contribution in [0.15, 0.2) is 23.1 Å². The predicted molar refractivity (Wildman–Crippen MR) is 70.5 cm³/mol. The van der Waals surface area contributed by atoms with E-state index in [0.29, 0.717) is 5.75 Å². The topological polar surface area (TPSA) is 111 Å². The number of benzene rings is 1. The van der Waals surface area contributed by atoms with E-state index >= 15 is 0 Å². The molecule has 0 atom stereocenters. The Morgan fingerprint density at radius 1 is 1.37 bits per heavy atom. The molecule has 19 heavy (non-hydrogen) atoms. The molecule has 0 aliphatic heterocycles. The lowest BCUT2D eigenvalue weighted by molar-refractivity contribution is 0.0961. The first-order chi connectivity index (χ1) is 9.01. The number of nitrogens with one attached hydrogen (secondary N) is 1. The van der Waals surface area contributed by atoms with E-state index in [4.69, 9.17) is 20.3 Å². The minimum atomic E-state index is -3.68. The summed E-state index contributed by atoms with van der Waals surface area (Å²) in [6, 6.07) is 4.34. The average Bonchev–Trinajstić information content (AvgIpc) is 2.37. The van der Waals surface area contributed by atoms with Crippen LogP contribution in [0.1, 0.15) is 0 Å². The zero-order valence-electron chi connectivity index (χ0n) is 10.6. The Hall–Kier alpha value is -1.35. The smallest absolute Gasteiger partial charge is 0.242 e. The fraction of sp³-hybridized carbons (Fsp3) is 0.455. The summed E-state index contributed by atoms with van der Waals surface area (Å²) in [6.07, 6.45) is 0. The normalized spacial score (nSPS) is 11.5. The number of hydrogen-bond acceptors (Lipinski definition) is 6. The summed E-state index contributed by atoms with van der Waals surface area (Å²) < 4.78 is 36.2. The summed E-state index contributed by atoms with van der Waals surface area (Å²) in [4.78, 5) is -0.00421. The highest BCUT2D eigenvalue weighted by atomic mass is 32.2. The molecule has 0 saturated heterocycles. The summed E-state index contributed by atoms with van der Waals surface area (Å²) in [5.41, 5.74) is 5.79. The van der Waals surface area contributed by atoms with Crippen molar-refractivity contribution in [3.05, 3.63) is 18.2 Å². The second-order valence-electron chi connectivity index (χ2n) is 3.64. The molecule has 8 heteroatoms. The third kappa shape index (κ3) is 4.67. The van der Waals surface area contributed by atoms with Crippen molar-refractivity contribution in [2.75, 3.05) is 39.2 Å². The Morgan fingerprint density at radius 3 is 2.68 bits per heavy atom. The summed E-state index contributed by atoms with van der Waals surface area (Å²) in [7, 11) is -2.20. The monoisotopic (exact) mass is 290 g/mol. The highest BCUT2D eigenvalue weighted by Gasteiger charge is 2.17. The number of aliphatic hydroxyl groups excluding tert-OH is 1. The molecule has 7 nitrogen and oxygen atoms in total. The standard InChI is InChI=1S/C11H18N2O5S/c1-17-9-2-3-11(10(12)8-9)19(15,16)13-4-6-18-7-5-14/h2-3,8,13-14H,4-7,12H2,1H3. The third-order valence-corrected chi connectivity index (χ3v) is 3.82. The van der Waals surface area contributed by atoms with Gasteiger partial charge in [-0.2, -0.15) is 0 Å². The van der Waals surface area contributed by atoms with Crippen LogP contribution in [-0.4, -0.2) is 47.0 Å². The summed E-state index contributed by atoms with van der Waals surface area (Å²) >= 11 is 0. The Balaban J connectivity index is 2.67. The summed E-state index contributed by atoms with van der Waals surface area (Å²) in [6.45, 7) is 0.355. The maximum atomic E-state index is 11.9. The number of methoxy groups -OCH3 is 1. The molecule has 0 radical (unpaired) electrons. The fourth-order valence-corrected chi connectivity index (χ4v) is 2.51. The minimum Gasteiger partial charge on any atom is -0.497 e. The molecule has 1 rings (SSSR count). The van der Waals surface area contributed by atoms with Crippen LogP contribution in [0.25, 0.3) is 0 Å². The second-order valence-corrected chi connectivity index (χ2v) is 5.37. The molecule has 4 N–H and O–H groups in total. The number of hydrogen-bond donors (Lipinski definition) is 3. The van der Waals surface area contributed by atoms with Gasteiger partial charge in [-0.25, -0.2) is 13.1 Å². The van der Waals surface area contributed by atoms with E-state index in [9.17, 15) is 8.42 Å². The molecule has 0 aliphatic carbocycles. The maximum absolute atomic E-state index is 11.9. The van der Waals surface area contributed by atoms with Crippen LogP contribution < -0.4 is 15.2 Å².